The predicted octanol–water partition coefficient (Wildman–Crippen LogP) is 2.33. The number of piperidine rings is 1. The molecule has 3 heterocycles. The van der Waals surface area contributed by atoms with E-state index in [1.54, 1.807) is 12.4 Å². The van der Waals surface area contributed by atoms with Crippen molar-refractivity contribution >= 4 is 5.82 Å². The highest BCUT2D eigenvalue weighted by atomic mass is 16.5. The zero-order valence-electron chi connectivity index (χ0n) is 13.2. The van der Waals surface area contributed by atoms with E-state index in [1.165, 1.54) is 38.8 Å². The van der Waals surface area contributed by atoms with E-state index in [0.29, 0.717) is 5.88 Å². The van der Waals surface area contributed by atoms with Gasteiger partial charge in [-0.05, 0) is 52.6 Å². The van der Waals surface area contributed by atoms with Crippen molar-refractivity contribution in [2.45, 2.75) is 51.7 Å². The smallest absolute Gasteiger partial charge is 0.257 e. The van der Waals surface area contributed by atoms with Crippen LogP contribution in [-0.4, -0.2) is 53.2 Å². The molecular formula is C16H26N4O. The monoisotopic (exact) mass is 290 g/mol. The number of hydrogen-bond donors (Lipinski definition) is 0. The van der Waals surface area contributed by atoms with Crippen LogP contribution in [0.5, 0.6) is 5.88 Å². The first-order valence-corrected chi connectivity index (χ1v) is 8.20. The van der Waals surface area contributed by atoms with Crippen molar-refractivity contribution in [1.29, 1.82) is 0 Å². The fraction of sp³-hybridized carbons (Fsp3) is 0.750. The van der Waals surface area contributed by atoms with Gasteiger partial charge in [-0.15, -0.1) is 0 Å². The largest absolute Gasteiger partial charge is 0.472 e. The van der Waals surface area contributed by atoms with Gasteiger partial charge in [-0.25, -0.2) is 9.97 Å². The van der Waals surface area contributed by atoms with E-state index in [0.717, 1.165) is 24.9 Å². The van der Waals surface area contributed by atoms with Gasteiger partial charge in [0, 0.05) is 31.5 Å². The highest BCUT2D eigenvalue weighted by molar-refractivity contribution is 5.48. The van der Waals surface area contributed by atoms with Crippen LogP contribution in [0.25, 0.3) is 0 Å². The van der Waals surface area contributed by atoms with Gasteiger partial charge in [0.05, 0.1) is 6.10 Å². The molecule has 0 amide bonds. The Labute approximate surface area is 127 Å². The minimum atomic E-state index is 0.127. The highest BCUT2D eigenvalue weighted by Gasteiger charge is 2.28. The third-order valence-electron chi connectivity index (χ3n) is 4.41. The van der Waals surface area contributed by atoms with Gasteiger partial charge in [-0.2, -0.15) is 0 Å². The van der Waals surface area contributed by atoms with Crippen LogP contribution in [-0.2, 0) is 0 Å². The van der Waals surface area contributed by atoms with Crippen molar-refractivity contribution in [1.82, 2.24) is 14.9 Å². The van der Waals surface area contributed by atoms with E-state index >= 15 is 0 Å². The lowest BCUT2D eigenvalue weighted by atomic mass is 10.0. The van der Waals surface area contributed by atoms with Crippen LogP contribution in [0.3, 0.4) is 0 Å². The Hall–Kier alpha value is -1.36. The highest BCUT2D eigenvalue weighted by Crippen LogP contribution is 2.28. The van der Waals surface area contributed by atoms with Gasteiger partial charge in [0.2, 0.25) is 0 Å². The van der Waals surface area contributed by atoms with E-state index < -0.39 is 0 Å². The summed E-state index contributed by atoms with van der Waals surface area (Å²) in [6.45, 7) is 8.73. The van der Waals surface area contributed by atoms with Crippen molar-refractivity contribution in [3.63, 3.8) is 0 Å². The van der Waals surface area contributed by atoms with Crippen molar-refractivity contribution in [3.05, 3.63) is 12.4 Å². The lowest BCUT2D eigenvalue weighted by Gasteiger charge is -2.37. The summed E-state index contributed by atoms with van der Waals surface area (Å²) in [5.74, 6) is 1.58. The lowest BCUT2D eigenvalue weighted by Crippen LogP contribution is -2.44. The number of nitrogens with zero attached hydrogens (tertiary/aromatic N) is 4. The van der Waals surface area contributed by atoms with E-state index in [1.807, 2.05) is 13.8 Å². The molecule has 3 rings (SSSR count). The van der Waals surface area contributed by atoms with Crippen LogP contribution in [0.15, 0.2) is 12.4 Å². The molecule has 0 radical (unpaired) electrons. The van der Waals surface area contributed by atoms with E-state index in [4.69, 9.17) is 4.74 Å². The average Bonchev–Trinajstić information content (AvgIpc) is 3.02. The molecule has 5 heteroatoms. The van der Waals surface area contributed by atoms with Crippen molar-refractivity contribution < 1.29 is 4.74 Å². The van der Waals surface area contributed by atoms with Crippen LogP contribution in [0.2, 0.25) is 0 Å². The first-order valence-electron chi connectivity index (χ1n) is 8.20. The summed E-state index contributed by atoms with van der Waals surface area (Å²) in [5, 5.41) is 0. The van der Waals surface area contributed by atoms with Crippen molar-refractivity contribution in [2.75, 3.05) is 31.1 Å². The molecule has 2 aliphatic heterocycles. The van der Waals surface area contributed by atoms with E-state index in [2.05, 4.69) is 19.8 Å². The second-order valence-electron chi connectivity index (χ2n) is 6.31. The second kappa shape index (κ2) is 6.60. The number of aromatic nitrogens is 2. The third kappa shape index (κ3) is 3.46. The van der Waals surface area contributed by atoms with Crippen molar-refractivity contribution in [2.24, 2.45) is 0 Å². The second-order valence-corrected chi connectivity index (χ2v) is 6.31. The zero-order chi connectivity index (χ0) is 14.7. The summed E-state index contributed by atoms with van der Waals surface area (Å²) in [5.41, 5.74) is 0. The molecule has 2 aliphatic rings. The maximum absolute atomic E-state index is 5.80. The normalized spacial score (nSPS) is 21.2. The summed E-state index contributed by atoms with van der Waals surface area (Å²) in [7, 11) is 0. The summed E-state index contributed by atoms with van der Waals surface area (Å²) in [6, 6.07) is 0.759. The molecule has 0 aromatic carbocycles. The fourth-order valence-corrected chi connectivity index (χ4v) is 3.39. The van der Waals surface area contributed by atoms with Crippen LogP contribution in [0.1, 0.15) is 39.5 Å². The third-order valence-corrected chi connectivity index (χ3v) is 4.41. The number of likely N-dealkylation sites (tertiary alicyclic amines) is 1. The first-order chi connectivity index (χ1) is 10.2. The zero-order valence-corrected chi connectivity index (χ0v) is 13.2. The van der Waals surface area contributed by atoms with E-state index in [9.17, 15) is 0 Å². The Kier molecular flexibility index (Phi) is 4.58. The fourth-order valence-electron chi connectivity index (χ4n) is 3.39. The molecule has 2 fully saturated rings. The summed E-state index contributed by atoms with van der Waals surface area (Å²) >= 11 is 0. The van der Waals surface area contributed by atoms with Gasteiger partial charge in [0.25, 0.3) is 5.88 Å². The predicted molar refractivity (Wildman–Crippen MR) is 83.8 cm³/mol. The molecule has 0 bridgehead atoms. The molecule has 1 aromatic heterocycles. The SMILES string of the molecule is CC(C)Oc1nccnc1N1CCC(N2CCCC2)CC1. The molecule has 1 aromatic rings. The van der Waals surface area contributed by atoms with Gasteiger partial charge < -0.3 is 14.5 Å². The lowest BCUT2D eigenvalue weighted by molar-refractivity contribution is 0.205. The molecule has 2 saturated heterocycles. The van der Waals surface area contributed by atoms with Gasteiger partial charge in [0.1, 0.15) is 0 Å². The van der Waals surface area contributed by atoms with Crippen LogP contribution >= 0.6 is 0 Å². The Morgan fingerprint density at radius 2 is 1.71 bits per heavy atom. The number of hydrogen-bond acceptors (Lipinski definition) is 5. The minimum Gasteiger partial charge on any atom is -0.472 e. The number of rotatable bonds is 4. The molecule has 0 saturated carbocycles. The Morgan fingerprint density at radius 3 is 2.38 bits per heavy atom. The molecule has 0 atom stereocenters. The molecular weight excluding hydrogens is 264 g/mol. The van der Waals surface area contributed by atoms with E-state index in [-0.39, 0.29) is 6.10 Å². The number of anilines is 1. The Morgan fingerprint density at radius 1 is 1.05 bits per heavy atom. The molecule has 0 N–H and O–H groups in total. The summed E-state index contributed by atoms with van der Waals surface area (Å²) in [6.07, 6.45) is 8.78. The molecule has 5 nitrogen and oxygen atoms in total. The molecule has 21 heavy (non-hydrogen) atoms. The number of ether oxygens (including phenoxy) is 1. The van der Waals surface area contributed by atoms with Gasteiger partial charge >= 0.3 is 0 Å². The molecule has 0 aliphatic carbocycles. The first kappa shape index (κ1) is 14.6. The Bertz CT molecular complexity index is 451. The standard InChI is InChI=1S/C16H26N4O/c1-13(2)21-16-15(17-7-8-18-16)20-11-5-14(6-12-20)19-9-3-4-10-19/h7-8,13-14H,3-6,9-12H2,1-2H3. The van der Waals surface area contributed by atoms with Gasteiger partial charge in [-0.1, -0.05) is 0 Å². The molecule has 0 unspecified atom stereocenters. The molecule has 0 spiro atoms. The summed E-state index contributed by atoms with van der Waals surface area (Å²) in [4.78, 5) is 13.9. The maximum atomic E-state index is 5.80. The minimum absolute atomic E-state index is 0.127. The average molecular weight is 290 g/mol. The van der Waals surface area contributed by atoms with Gasteiger partial charge in [-0.3, -0.25) is 0 Å². The topological polar surface area (TPSA) is 41.5 Å². The van der Waals surface area contributed by atoms with Crippen molar-refractivity contribution in [3.8, 4) is 5.88 Å². The van der Waals surface area contributed by atoms with Crippen LogP contribution in [0.4, 0.5) is 5.82 Å². The quantitative estimate of drug-likeness (QED) is 0.851. The van der Waals surface area contributed by atoms with Crippen LogP contribution in [0, 0.1) is 0 Å². The summed E-state index contributed by atoms with van der Waals surface area (Å²) < 4.78 is 5.80. The van der Waals surface area contributed by atoms with Gasteiger partial charge in [0.15, 0.2) is 5.82 Å². The maximum Gasteiger partial charge on any atom is 0.257 e. The Balaban J connectivity index is 1.63. The van der Waals surface area contributed by atoms with Crippen LogP contribution < -0.4 is 9.64 Å². The molecule has 116 valence electrons.